The van der Waals surface area contributed by atoms with Crippen LogP contribution in [0.2, 0.25) is 0 Å². The van der Waals surface area contributed by atoms with Gasteiger partial charge < -0.3 is 39.5 Å². The minimum absolute atomic E-state index is 0.0143. The van der Waals surface area contributed by atoms with Gasteiger partial charge in [0.15, 0.2) is 12.7 Å². The fourth-order valence-electron chi connectivity index (χ4n) is 8.29. The highest BCUT2D eigenvalue weighted by Gasteiger charge is 2.37. The van der Waals surface area contributed by atoms with Gasteiger partial charge in [-0.25, -0.2) is 9.59 Å². The Labute approximate surface area is 329 Å². The summed E-state index contributed by atoms with van der Waals surface area (Å²) in [6.45, 7) is 8.98. The van der Waals surface area contributed by atoms with E-state index in [0.29, 0.717) is 69.8 Å². The number of hydrogen-bond acceptors (Lipinski definition) is 10. The number of para-hydroxylation sites is 1. The second kappa shape index (κ2) is 18.4. The molecule has 304 valence electrons. The molecule has 0 aliphatic carbocycles. The van der Waals surface area contributed by atoms with Gasteiger partial charge in [0.25, 0.3) is 11.8 Å². The Hall–Kier alpha value is -4.89. The van der Waals surface area contributed by atoms with Crippen LogP contribution in [0, 0.1) is 13.8 Å². The van der Waals surface area contributed by atoms with E-state index in [1.165, 1.54) is 4.90 Å². The van der Waals surface area contributed by atoms with Crippen LogP contribution < -0.4 is 5.32 Å². The lowest BCUT2D eigenvalue weighted by Crippen LogP contribution is -2.55. The van der Waals surface area contributed by atoms with Gasteiger partial charge in [-0.2, -0.15) is 0 Å². The maximum absolute atomic E-state index is 14.2. The number of esters is 1. The van der Waals surface area contributed by atoms with Gasteiger partial charge in [-0.15, -0.1) is 0 Å². The molecule has 2 aromatic carbocycles. The number of fused-ring (bicyclic) bond motifs is 1. The molecule has 4 aliphatic rings. The average Bonchev–Trinajstić information content (AvgIpc) is 3.36. The number of aromatic hydroxyl groups is 1. The average molecular weight is 776 g/mol. The number of likely N-dealkylation sites (N-methyl/N-ethyl adjacent to an activating group) is 1. The third-order valence-electron chi connectivity index (χ3n) is 11.7. The number of nitrogens with one attached hydrogen (secondary N) is 1. The number of likely N-dealkylation sites (tertiary alicyclic amines) is 2. The predicted molar refractivity (Wildman–Crippen MR) is 209 cm³/mol. The summed E-state index contributed by atoms with van der Waals surface area (Å²) in [6.07, 6.45) is 2.14. The number of carbonyl (C=O) groups is 5. The predicted octanol–water partition coefficient (Wildman–Crippen LogP) is 2.85. The van der Waals surface area contributed by atoms with Crippen LogP contribution in [0.1, 0.15) is 47.9 Å². The van der Waals surface area contributed by atoms with Crippen molar-refractivity contribution in [3.05, 3.63) is 58.7 Å². The largest absolute Gasteiger partial charge is 0.507 e. The van der Waals surface area contributed by atoms with E-state index in [9.17, 15) is 29.1 Å². The number of urea groups is 1. The number of ether oxygens (including phenoxy) is 2. The number of phenolic OH excluding ortho intramolecular Hbond substituents is 1. The quantitative estimate of drug-likeness (QED) is 0.345. The fourth-order valence-corrected chi connectivity index (χ4v) is 8.29. The van der Waals surface area contributed by atoms with Crippen molar-refractivity contribution in [1.29, 1.82) is 0 Å². The summed E-state index contributed by atoms with van der Waals surface area (Å²) in [7, 11) is 3.24. The van der Waals surface area contributed by atoms with Gasteiger partial charge in [0, 0.05) is 97.2 Å². The van der Waals surface area contributed by atoms with Crippen molar-refractivity contribution in [2.75, 3.05) is 91.5 Å². The van der Waals surface area contributed by atoms with E-state index in [-0.39, 0.29) is 55.3 Å². The maximum atomic E-state index is 14.2. The molecule has 15 heteroatoms. The molecule has 0 saturated carbocycles. The number of hydrogen-bond donors (Lipinski definition) is 2. The van der Waals surface area contributed by atoms with Crippen LogP contribution in [0.4, 0.5) is 15.3 Å². The van der Waals surface area contributed by atoms with Crippen LogP contribution >= 0.6 is 0 Å². The number of anilines is 1. The van der Waals surface area contributed by atoms with Gasteiger partial charge in [-0.05, 0) is 74.3 Å². The molecular formula is C41H57N7O8. The molecule has 15 nitrogen and oxygen atoms in total. The molecule has 0 aromatic heterocycles. The smallest absolute Gasteiger partial charge is 0.410 e. The maximum Gasteiger partial charge on any atom is 0.410 e. The van der Waals surface area contributed by atoms with E-state index < -0.39 is 18.2 Å². The lowest BCUT2D eigenvalue weighted by atomic mass is 9.98. The third kappa shape index (κ3) is 10.1. The standard InChI is InChI=1S/C41H57N7O8/c1-28-23-30(24-29(2)38(28)51)25-35(56-41(54)47-16-12-33(13-17-47)48-18-9-31-7-5-6-8-34(31)42-40(48)53)39(52)46-14-10-32(11-15-46)45-21-19-44(20-22-45)26-37(50)55-27-36(49)43(3)4/h5-8,23-24,32-33,35,51H,9-22,25-27H2,1-4H3,(H,42,53)/t35-/m1/s1. The first-order chi connectivity index (χ1) is 26.9. The SMILES string of the molecule is Cc1cc(C[C@@H](OC(=O)N2CCC(N3CCc4ccccc4NC3=O)CC2)C(=O)N2CCC(N3CCN(CC(=O)OCC(=O)N(C)C)CC3)CC2)cc(C)c1O. The number of aryl methyl sites for hydroxylation is 2. The lowest BCUT2D eigenvalue weighted by molar-refractivity contribution is -0.152. The van der Waals surface area contributed by atoms with E-state index >= 15 is 0 Å². The molecule has 56 heavy (non-hydrogen) atoms. The third-order valence-corrected chi connectivity index (χ3v) is 11.7. The summed E-state index contributed by atoms with van der Waals surface area (Å²) in [6, 6.07) is 11.7. The monoisotopic (exact) mass is 775 g/mol. The summed E-state index contributed by atoms with van der Waals surface area (Å²) >= 11 is 0. The molecule has 5 amide bonds. The molecule has 2 N–H and O–H groups in total. The van der Waals surface area contributed by atoms with Crippen LogP contribution in [-0.2, 0) is 36.7 Å². The Morgan fingerprint density at radius 3 is 2.14 bits per heavy atom. The summed E-state index contributed by atoms with van der Waals surface area (Å²) in [4.78, 5) is 76.2. The van der Waals surface area contributed by atoms with Crippen LogP contribution in [-0.4, -0.2) is 169 Å². The first kappa shape index (κ1) is 40.8. The molecule has 2 aromatic rings. The zero-order chi connectivity index (χ0) is 39.9. The van der Waals surface area contributed by atoms with Crippen molar-refractivity contribution in [3.63, 3.8) is 0 Å². The van der Waals surface area contributed by atoms with Crippen molar-refractivity contribution >= 4 is 35.6 Å². The van der Waals surface area contributed by atoms with Crippen LogP contribution in [0.3, 0.4) is 0 Å². The first-order valence-electron chi connectivity index (χ1n) is 19.9. The molecule has 0 bridgehead atoms. The van der Waals surface area contributed by atoms with Crippen molar-refractivity contribution in [3.8, 4) is 5.75 Å². The van der Waals surface area contributed by atoms with Crippen molar-refractivity contribution in [2.24, 2.45) is 0 Å². The van der Waals surface area contributed by atoms with Gasteiger partial charge in [0.1, 0.15) is 5.75 Å². The van der Waals surface area contributed by atoms with E-state index in [0.717, 1.165) is 49.2 Å². The summed E-state index contributed by atoms with van der Waals surface area (Å²) in [5.74, 6) is -0.692. The lowest BCUT2D eigenvalue weighted by Gasteiger charge is -2.43. The molecule has 4 aliphatic heterocycles. The number of nitrogens with zero attached hydrogens (tertiary/aromatic N) is 6. The van der Waals surface area contributed by atoms with Crippen LogP contribution in [0.5, 0.6) is 5.75 Å². The molecule has 3 saturated heterocycles. The van der Waals surface area contributed by atoms with E-state index in [4.69, 9.17) is 9.47 Å². The van der Waals surface area contributed by atoms with Gasteiger partial charge in [-0.1, -0.05) is 30.3 Å². The molecule has 0 radical (unpaired) electrons. The molecular weight excluding hydrogens is 718 g/mol. The number of amides is 5. The van der Waals surface area contributed by atoms with E-state index in [1.807, 2.05) is 60.0 Å². The molecule has 0 spiro atoms. The highest BCUT2D eigenvalue weighted by atomic mass is 16.6. The second-order valence-electron chi connectivity index (χ2n) is 15.7. The highest BCUT2D eigenvalue weighted by molar-refractivity contribution is 5.91. The number of piperazine rings is 1. The van der Waals surface area contributed by atoms with Crippen molar-refractivity contribution < 1.29 is 38.6 Å². The fraction of sp³-hybridized carbons (Fsp3) is 0.585. The molecule has 1 atom stereocenters. The number of phenols is 1. The second-order valence-corrected chi connectivity index (χ2v) is 15.7. The minimum Gasteiger partial charge on any atom is -0.507 e. The zero-order valence-corrected chi connectivity index (χ0v) is 33.2. The number of benzene rings is 2. The summed E-state index contributed by atoms with van der Waals surface area (Å²) in [5, 5.41) is 13.4. The van der Waals surface area contributed by atoms with Gasteiger partial charge in [0.05, 0.1) is 6.54 Å². The van der Waals surface area contributed by atoms with Crippen LogP contribution in [0.15, 0.2) is 36.4 Å². The Bertz CT molecular complexity index is 1720. The molecule has 6 rings (SSSR count). The topological polar surface area (TPSA) is 156 Å². The van der Waals surface area contributed by atoms with E-state index in [1.54, 1.807) is 23.9 Å². The summed E-state index contributed by atoms with van der Waals surface area (Å²) < 4.78 is 11.2. The Kier molecular flexibility index (Phi) is 13.4. The molecule has 0 unspecified atom stereocenters. The van der Waals surface area contributed by atoms with Crippen molar-refractivity contribution in [2.45, 2.75) is 70.6 Å². The van der Waals surface area contributed by atoms with Gasteiger partial charge in [-0.3, -0.25) is 24.2 Å². The number of rotatable bonds is 10. The van der Waals surface area contributed by atoms with E-state index in [2.05, 4.69) is 10.2 Å². The minimum atomic E-state index is -1.04. The molecule has 3 fully saturated rings. The van der Waals surface area contributed by atoms with Gasteiger partial charge >= 0.3 is 18.1 Å². The normalized spacial score (nSPS) is 19.4. The zero-order valence-electron chi connectivity index (χ0n) is 33.2. The Balaban J connectivity index is 1.02. The first-order valence-corrected chi connectivity index (χ1v) is 19.9. The van der Waals surface area contributed by atoms with Gasteiger partial charge in [0.2, 0.25) is 0 Å². The number of carbonyl (C=O) groups excluding carboxylic acids is 5. The Morgan fingerprint density at radius 1 is 0.857 bits per heavy atom. The number of piperidine rings is 2. The molecule has 4 heterocycles. The van der Waals surface area contributed by atoms with Crippen LogP contribution in [0.25, 0.3) is 0 Å². The Morgan fingerprint density at radius 2 is 1.48 bits per heavy atom. The highest BCUT2D eigenvalue weighted by Crippen LogP contribution is 2.28. The summed E-state index contributed by atoms with van der Waals surface area (Å²) in [5.41, 5.74) is 4.13. The van der Waals surface area contributed by atoms with Crippen molar-refractivity contribution in [1.82, 2.24) is 29.4 Å².